The zero-order valence-corrected chi connectivity index (χ0v) is 20.8. The fourth-order valence-corrected chi connectivity index (χ4v) is 4.10. The van der Waals surface area contributed by atoms with Crippen LogP contribution in [0.3, 0.4) is 0 Å². The maximum absolute atomic E-state index is 13.0. The third kappa shape index (κ3) is 5.76. The van der Waals surface area contributed by atoms with Crippen LogP contribution in [0.1, 0.15) is 25.6 Å². The molecule has 2 heterocycles. The minimum absolute atomic E-state index is 0.0986. The molecule has 1 saturated heterocycles. The number of nitrogens with one attached hydrogen (secondary N) is 1. The minimum atomic E-state index is -0.558. The summed E-state index contributed by atoms with van der Waals surface area (Å²) in [6.45, 7) is 7.18. The van der Waals surface area contributed by atoms with Gasteiger partial charge in [0.1, 0.15) is 11.8 Å². The van der Waals surface area contributed by atoms with Gasteiger partial charge in [0, 0.05) is 32.4 Å². The number of fused-ring (bicyclic) bond motifs is 1. The van der Waals surface area contributed by atoms with E-state index < -0.39 is 6.04 Å². The van der Waals surface area contributed by atoms with E-state index >= 15 is 0 Å². The van der Waals surface area contributed by atoms with Crippen LogP contribution in [0.2, 0.25) is 0 Å². The Morgan fingerprint density at radius 2 is 1.72 bits per heavy atom. The molecule has 4 rings (SSSR count). The van der Waals surface area contributed by atoms with E-state index in [0.29, 0.717) is 49.9 Å². The van der Waals surface area contributed by atoms with Crippen molar-refractivity contribution in [2.24, 2.45) is 0 Å². The third-order valence-electron chi connectivity index (χ3n) is 6.15. The zero-order chi connectivity index (χ0) is 25.7. The summed E-state index contributed by atoms with van der Waals surface area (Å²) >= 11 is 0. The van der Waals surface area contributed by atoms with Gasteiger partial charge in [0.05, 0.1) is 18.0 Å². The summed E-state index contributed by atoms with van der Waals surface area (Å²) in [7, 11) is 0. The molecule has 36 heavy (non-hydrogen) atoms. The maximum Gasteiger partial charge on any atom is 0.409 e. The number of benzene rings is 2. The van der Waals surface area contributed by atoms with E-state index in [1.165, 1.54) is 0 Å². The molecule has 1 atom stereocenters. The van der Waals surface area contributed by atoms with E-state index in [4.69, 9.17) is 9.47 Å². The van der Waals surface area contributed by atoms with E-state index in [1.54, 1.807) is 41.4 Å². The molecule has 0 radical (unpaired) electrons. The van der Waals surface area contributed by atoms with Crippen LogP contribution in [0.15, 0.2) is 48.7 Å². The summed E-state index contributed by atoms with van der Waals surface area (Å²) in [5.41, 5.74) is 1.12. The topological polar surface area (TPSA) is 106 Å². The van der Waals surface area contributed by atoms with Crippen molar-refractivity contribution in [1.82, 2.24) is 19.6 Å². The summed E-state index contributed by atoms with van der Waals surface area (Å²) in [5.74, 6) is 0.192. The Bertz CT molecular complexity index is 1250. The lowest BCUT2D eigenvalue weighted by molar-refractivity contribution is -0.136. The highest BCUT2D eigenvalue weighted by Crippen LogP contribution is 2.21. The first-order valence-electron chi connectivity index (χ1n) is 12.0. The Hall–Kier alpha value is -4.08. The molecule has 3 aromatic rings. The van der Waals surface area contributed by atoms with E-state index in [2.05, 4.69) is 10.4 Å². The number of ether oxygens (including phenoxy) is 2. The Morgan fingerprint density at radius 1 is 1.03 bits per heavy atom. The number of hydrogen-bond acceptors (Lipinski definition) is 6. The van der Waals surface area contributed by atoms with Gasteiger partial charge in [-0.3, -0.25) is 14.3 Å². The van der Waals surface area contributed by atoms with Crippen LogP contribution in [0.4, 0.5) is 10.5 Å². The SMILES string of the molecule is CCOC(=O)N1CCN(C(=O)C(C)n2cc(NC(=O)COc3ccc4ccccc4c3)c(C)n2)CC1. The largest absolute Gasteiger partial charge is 0.484 e. The van der Waals surface area contributed by atoms with Gasteiger partial charge >= 0.3 is 6.09 Å². The molecular weight excluding hydrogens is 462 g/mol. The standard InChI is InChI=1S/C26H31N5O5/c1-4-35-26(34)30-13-11-29(12-14-30)25(33)19(3)31-16-23(18(2)28-31)27-24(32)17-36-22-10-9-20-7-5-6-8-21(20)15-22/h5-10,15-16,19H,4,11-14,17H2,1-3H3,(H,27,32). The van der Waals surface area contributed by atoms with Crippen LogP contribution in [-0.4, -0.2) is 76.9 Å². The average molecular weight is 494 g/mol. The van der Waals surface area contributed by atoms with E-state index in [1.807, 2.05) is 42.5 Å². The number of aryl methyl sites for hydroxylation is 1. The summed E-state index contributed by atoms with van der Waals surface area (Å²) in [5, 5.41) is 9.37. The van der Waals surface area contributed by atoms with Gasteiger partial charge in [0.2, 0.25) is 5.91 Å². The van der Waals surface area contributed by atoms with E-state index in [-0.39, 0.29) is 24.5 Å². The first kappa shape index (κ1) is 25.0. The second kappa shape index (κ2) is 11.1. The van der Waals surface area contributed by atoms with Crippen molar-refractivity contribution in [3.63, 3.8) is 0 Å². The van der Waals surface area contributed by atoms with Crippen LogP contribution in [-0.2, 0) is 14.3 Å². The van der Waals surface area contributed by atoms with Crippen molar-refractivity contribution >= 4 is 34.4 Å². The molecule has 190 valence electrons. The molecule has 1 fully saturated rings. The predicted molar refractivity (Wildman–Crippen MR) is 135 cm³/mol. The molecule has 2 aromatic carbocycles. The fraction of sp³-hybridized carbons (Fsp3) is 0.385. The first-order valence-corrected chi connectivity index (χ1v) is 12.0. The van der Waals surface area contributed by atoms with Gasteiger partial charge in [-0.15, -0.1) is 0 Å². The van der Waals surface area contributed by atoms with Gasteiger partial charge in [-0.1, -0.05) is 30.3 Å². The lowest BCUT2D eigenvalue weighted by Crippen LogP contribution is -2.52. The van der Waals surface area contributed by atoms with Crippen LogP contribution in [0.25, 0.3) is 10.8 Å². The molecule has 1 aromatic heterocycles. The summed E-state index contributed by atoms with van der Waals surface area (Å²) < 4.78 is 12.2. The number of anilines is 1. The normalized spacial score (nSPS) is 14.4. The van der Waals surface area contributed by atoms with Crippen molar-refractivity contribution in [3.8, 4) is 5.75 Å². The molecule has 1 aliphatic heterocycles. The number of aromatic nitrogens is 2. The van der Waals surface area contributed by atoms with Gasteiger partial charge in [-0.05, 0) is 43.7 Å². The third-order valence-corrected chi connectivity index (χ3v) is 6.15. The number of hydrogen-bond donors (Lipinski definition) is 1. The second-order valence-corrected chi connectivity index (χ2v) is 8.64. The highest BCUT2D eigenvalue weighted by Gasteiger charge is 2.29. The van der Waals surface area contributed by atoms with Gasteiger partial charge in [0.25, 0.3) is 5.91 Å². The first-order chi connectivity index (χ1) is 17.4. The van der Waals surface area contributed by atoms with Crippen molar-refractivity contribution in [2.75, 3.05) is 44.7 Å². The van der Waals surface area contributed by atoms with Gasteiger partial charge in [0.15, 0.2) is 6.61 Å². The molecular formula is C26H31N5O5. The maximum atomic E-state index is 13.0. The summed E-state index contributed by atoms with van der Waals surface area (Å²) in [6, 6.07) is 13.0. The molecule has 0 aliphatic carbocycles. The quantitative estimate of drug-likeness (QED) is 0.542. The summed E-state index contributed by atoms with van der Waals surface area (Å²) in [4.78, 5) is 40.7. The van der Waals surface area contributed by atoms with Crippen molar-refractivity contribution in [1.29, 1.82) is 0 Å². The fourth-order valence-electron chi connectivity index (χ4n) is 4.10. The molecule has 10 nitrogen and oxygen atoms in total. The highest BCUT2D eigenvalue weighted by molar-refractivity contribution is 5.92. The predicted octanol–water partition coefficient (Wildman–Crippen LogP) is 3.22. The van der Waals surface area contributed by atoms with Crippen LogP contribution in [0.5, 0.6) is 5.75 Å². The van der Waals surface area contributed by atoms with E-state index in [9.17, 15) is 14.4 Å². The molecule has 0 bridgehead atoms. The summed E-state index contributed by atoms with van der Waals surface area (Å²) in [6.07, 6.45) is 1.30. The smallest absolute Gasteiger partial charge is 0.409 e. The minimum Gasteiger partial charge on any atom is -0.484 e. The number of carbonyl (C=O) groups excluding carboxylic acids is 3. The number of nitrogens with zero attached hydrogens (tertiary/aromatic N) is 4. The van der Waals surface area contributed by atoms with Gasteiger partial charge in [-0.25, -0.2) is 4.79 Å². The lowest BCUT2D eigenvalue weighted by atomic mass is 10.1. The average Bonchev–Trinajstić information content (AvgIpc) is 3.26. The van der Waals surface area contributed by atoms with E-state index in [0.717, 1.165) is 10.8 Å². The second-order valence-electron chi connectivity index (χ2n) is 8.64. The number of rotatable bonds is 7. The molecule has 10 heteroatoms. The highest BCUT2D eigenvalue weighted by atomic mass is 16.6. The lowest BCUT2D eigenvalue weighted by Gasteiger charge is -2.35. The zero-order valence-electron chi connectivity index (χ0n) is 20.8. The van der Waals surface area contributed by atoms with Crippen LogP contribution in [0, 0.1) is 6.92 Å². The Balaban J connectivity index is 1.30. The molecule has 1 aliphatic rings. The Morgan fingerprint density at radius 3 is 2.44 bits per heavy atom. The van der Waals surface area contributed by atoms with Gasteiger partial charge in [-0.2, -0.15) is 5.10 Å². The molecule has 0 saturated carbocycles. The van der Waals surface area contributed by atoms with Crippen molar-refractivity contribution in [3.05, 3.63) is 54.4 Å². The number of amides is 3. The number of carbonyl (C=O) groups is 3. The molecule has 1 unspecified atom stereocenters. The monoisotopic (exact) mass is 493 g/mol. The molecule has 0 spiro atoms. The molecule has 1 N–H and O–H groups in total. The van der Waals surface area contributed by atoms with Crippen LogP contribution >= 0.6 is 0 Å². The van der Waals surface area contributed by atoms with Gasteiger partial charge < -0.3 is 24.6 Å². The Kier molecular flexibility index (Phi) is 7.72. The molecule has 3 amide bonds. The van der Waals surface area contributed by atoms with Crippen molar-refractivity contribution < 1.29 is 23.9 Å². The van der Waals surface area contributed by atoms with Crippen LogP contribution < -0.4 is 10.1 Å². The van der Waals surface area contributed by atoms with Crippen molar-refractivity contribution in [2.45, 2.75) is 26.8 Å². The number of piperazine rings is 1. The Labute approximate surface area is 209 Å².